The molecule has 0 aromatic carbocycles. The van der Waals surface area contributed by atoms with Crippen molar-refractivity contribution < 1.29 is 9.53 Å². The van der Waals surface area contributed by atoms with E-state index in [9.17, 15) is 4.79 Å². The van der Waals surface area contributed by atoms with E-state index in [0.29, 0.717) is 12.2 Å². The third kappa shape index (κ3) is 1.45. The number of Topliss-reactive ketones (excluding diaryl/α,β-unsaturated/α-hetero) is 1. The van der Waals surface area contributed by atoms with E-state index in [1.165, 1.54) is 0 Å². The number of rotatable bonds is 4. The Labute approximate surface area is 67.9 Å². The van der Waals surface area contributed by atoms with Crippen LogP contribution in [0.15, 0.2) is 0 Å². The fourth-order valence-electron chi connectivity index (χ4n) is 1.55. The van der Waals surface area contributed by atoms with Gasteiger partial charge in [-0.3, -0.25) is 4.79 Å². The molecular weight excluding hydrogens is 140 g/mol. The van der Waals surface area contributed by atoms with Gasteiger partial charge in [-0.05, 0) is 25.7 Å². The highest BCUT2D eigenvalue weighted by atomic mass is 16.5. The van der Waals surface area contributed by atoms with Gasteiger partial charge in [0.1, 0.15) is 5.60 Å². The van der Waals surface area contributed by atoms with Crippen molar-refractivity contribution in [3.63, 3.8) is 0 Å². The molecule has 0 aromatic heterocycles. The first-order valence-corrected chi connectivity index (χ1v) is 4.33. The highest BCUT2D eigenvalue weighted by Crippen LogP contribution is 2.36. The Morgan fingerprint density at radius 1 is 1.55 bits per heavy atom. The normalized spacial score (nSPS) is 20.9. The molecule has 64 valence electrons. The van der Waals surface area contributed by atoms with Crippen LogP contribution in [0.5, 0.6) is 0 Å². The summed E-state index contributed by atoms with van der Waals surface area (Å²) in [7, 11) is 1.65. The van der Waals surface area contributed by atoms with Crippen LogP contribution in [0.25, 0.3) is 0 Å². The lowest BCUT2D eigenvalue weighted by molar-refractivity contribution is -0.151. The van der Waals surface area contributed by atoms with Crippen LogP contribution in [0.3, 0.4) is 0 Å². The summed E-state index contributed by atoms with van der Waals surface area (Å²) in [5.41, 5.74) is -0.365. The highest BCUT2D eigenvalue weighted by molar-refractivity contribution is 5.88. The van der Waals surface area contributed by atoms with Gasteiger partial charge in [-0.25, -0.2) is 0 Å². The Balaban J connectivity index is 2.47. The molecule has 1 rings (SSSR count). The van der Waals surface area contributed by atoms with Crippen LogP contribution < -0.4 is 0 Å². The molecule has 0 saturated heterocycles. The highest BCUT2D eigenvalue weighted by Gasteiger charge is 2.43. The fraction of sp³-hybridized carbons (Fsp3) is 0.889. The van der Waals surface area contributed by atoms with Gasteiger partial charge in [0.15, 0.2) is 5.78 Å². The van der Waals surface area contributed by atoms with Crippen molar-refractivity contribution in [3.05, 3.63) is 0 Å². The predicted molar refractivity (Wildman–Crippen MR) is 43.5 cm³/mol. The minimum absolute atomic E-state index is 0.300. The Bertz CT molecular complexity index is 142. The molecule has 0 N–H and O–H groups in total. The third-order valence-electron chi connectivity index (χ3n) is 2.54. The van der Waals surface area contributed by atoms with E-state index in [1.54, 1.807) is 7.11 Å². The second-order valence-electron chi connectivity index (χ2n) is 3.23. The summed E-state index contributed by atoms with van der Waals surface area (Å²) in [6.07, 6.45) is 4.62. The van der Waals surface area contributed by atoms with Gasteiger partial charge in [-0.1, -0.05) is 6.92 Å². The minimum atomic E-state index is -0.365. The van der Waals surface area contributed by atoms with Gasteiger partial charge >= 0.3 is 0 Å². The van der Waals surface area contributed by atoms with Crippen molar-refractivity contribution in [2.24, 2.45) is 0 Å². The Hall–Kier alpha value is -0.370. The summed E-state index contributed by atoms with van der Waals surface area (Å²) in [4.78, 5) is 11.5. The van der Waals surface area contributed by atoms with Crippen LogP contribution in [0.2, 0.25) is 0 Å². The summed E-state index contributed by atoms with van der Waals surface area (Å²) < 4.78 is 5.24. The summed E-state index contributed by atoms with van der Waals surface area (Å²) in [5, 5.41) is 0. The molecule has 0 heterocycles. The van der Waals surface area contributed by atoms with Gasteiger partial charge in [0.05, 0.1) is 0 Å². The van der Waals surface area contributed by atoms with Crippen molar-refractivity contribution >= 4 is 5.78 Å². The molecule has 0 bridgehead atoms. The third-order valence-corrected chi connectivity index (χ3v) is 2.54. The molecule has 0 spiro atoms. The smallest absolute Gasteiger partial charge is 0.164 e. The van der Waals surface area contributed by atoms with Gasteiger partial charge in [0.2, 0.25) is 0 Å². The molecule has 1 aliphatic carbocycles. The monoisotopic (exact) mass is 156 g/mol. The fourth-order valence-corrected chi connectivity index (χ4v) is 1.55. The van der Waals surface area contributed by atoms with Crippen LogP contribution >= 0.6 is 0 Å². The van der Waals surface area contributed by atoms with Crippen molar-refractivity contribution in [2.75, 3.05) is 7.11 Å². The van der Waals surface area contributed by atoms with Gasteiger partial charge in [0, 0.05) is 13.5 Å². The van der Waals surface area contributed by atoms with E-state index in [1.807, 2.05) is 6.92 Å². The maximum atomic E-state index is 11.5. The molecule has 0 aliphatic heterocycles. The minimum Gasteiger partial charge on any atom is -0.370 e. The Morgan fingerprint density at radius 2 is 2.18 bits per heavy atom. The molecule has 0 unspecified atom stereocenters. The number of carbonyl (C=O) groups excluding carboxylic acids is 1. The Morgan fingerprint density at radius 3 is 2.45 bits per heavy atom. The van der Waals surface area contributed by atoms with Crippen molar-refractivity contribution in [1.82, 2.24) is 0 Å². The molecule has 1 saturated carbocycles. The van der Waals surface area contributed by atoms with Crippen molar-refractivity contribution in [3.8, 4) is 0 Å². The van der Waals surface area contributed by atoms with Crippen LogP contribution in [0.4, 0.5) is 0 Å². The second-order valence-corrected chi connectivity index (χ2v) is 3.23. The molecule has 1 fully saturated rings. The molecule has 2 nitrogen and oxygen atoms in total. The SMILES string of the molecule is CCCC(=O)C1(OC)CCC1. The average molecular weight is 156 g/mol. The standard InChI is InChI=1S/C9H16O2/c1-3-5-8(10)9(11-2)6-4-7-9/h3-7H2,1-2H3. The zero-order valence-electron chi connectivity index (χ0n) is 7.35. The van der Waals surface area contributed by atoms with Crippen LogP contribution in [0.1, 0.15) is 39.0 Å². The summed E-state index contributed by atoms with van der Waals surface area (Å²) in [5.74, 6) is 0.300. The molecule has 0 atom stereocenters. The van der Waals surface area contributed by atoms with Gasteiger partial charge in [0.25, 0.3) is 0 Å². The predicted octanol–water partition coefficient (Wildman–Crippen LogP) is 1.92. The lowest BCUT2D eigenvalue weighted by Crippen LogP contribution is -2.46. The van der Waals surface area contributed by atoms with E-state index >= 15 is 0 Å². The number of methoxy groups -OCH3 is 1. The molecule has 2 heteroatoms. The maximum absolute atomic E-state index is 11.5. The van der Waals surface area contributed by atoms with E-state index in [4.69, 9.17) is 4.74 Å². The number of ketones is 1. The first-order valence-electron chi connectivity index (χ1n) is 4.33. The van der Waals surface area contributed by atoms with Gasteiger partial charge < -0.3 is 4.74 Å². The number of hydrogen-bond donors (Lipinski definition) is 0. The van der Waals surface area contributed by atoms with E-state index < -0.39 is 0 Å². The van der Waals surface area contributed by atoms with Crippen LogP contribution in [-0.2, 0) is 9.53 Å². The Kier molecular flexibility index (Phi) is 2.66. The largest absolute Gasteiger partial charge is 0.370 e. The summed E-state index contributed by atoms with van der Waals surface area (Å²) >= 11 is 0. The number of hydrogen-bond acceptors (Lipinski definition) is 2. The van der Waals surface area contributed by atoms with Crippen LogP contribution in [0, 0.1) is 0 Å². The van der Waals surface area contributed by atoms with Gasteiger partial charge in [-0.2, -0.15) is 0 Å². The van der Waals surface area contributed by atoms with E-state index in [2.05, 4.69) is 0 Å². The number of carbonyl (C=O) groups is 1. The average Bonchev–Trinajstić information content (AvgIpc) is 1.87. The van der Waals surface area contributed by atoms with E-state index in [-0.39, 0.29) is 5.60 Å². The summed E-state index contributed by atoms with van der Waals surface area (Å²) in [6, 6.07) is 0. The maximum Gasteiger partial charge on any atom is 0.164 e. The van der Waals surface area contributed by atoms with E-state index in [0.717, 1.165) is 25.7 Å². The van der Waals surface area contributed by atoms with Crippen LogP contribution in [-0.4, -0.2) is 18.5 Å². The topological polar surface area (TPSA) is 26.3 Å². The number of ether oxygens (including phenoxy) is 1. The molecule has 0 amide bonds. The molecular formula is C9H16O2. The molecule has 1 aliphatic rings. The molecule has 11 heavy (non-hydrogen) atoms. The van der Waals surface area contributed by atoms with Crippen molar-refractivity contribution in [1.29, 1.82) is 0 Å². The van der Waals surface area contributed by atoms with Crippen molar-refractivity contribution in [2.45, 2.75) is 44.6 Å². The zero-order valence-corrected chi connectivity index (χ0v) is 7.35. The first-order chi connectivity index (χ1) is 5.25. The lowest BCUT2D eigenvalue weighted by Gasteiger charge is -2.38. The summed E-state index contributed by atoms with van der Waals surface area (Å²) in [6.45, 7) is 2.03. The first kappa shape index (κ1) is 8.72. The zero-order chi connectivity index (χ0) is 8.32. The lowest BCUT2D eigenvalue weighted by atomic mass is 9.75. The second kappa shape index (κ2) is 3.35. The molecule has 0 radical (unpaired) electrons. The quantitative estimate of drug-likeness (QED) is 0.621. The van der Waals surface area contributed by atoms with Gasteiger partial charge in [-0.15, -0.1) is 0 Å². The molecule has 0 aromatic rings.